The quantitative estimate of drug-likeness (QED) is 0.193. The lowest BCUT2D eigenvalue weighted by molar-refractivity contribution is -0.144. The zero-order chi connectivity index (χ0) is 21.2. The number of methoxy groups -OCH3 is 1. The summed E-state index contributed by atoms with van der Waals surface area (Å²) >= 11 is 3.39. The number of alkyl halides is 1. The van der Waals surface area contributed by atoms with Crippen LogP contribution in [-0.2, 0) is 23.9 Å². The van der Waals surface area contributed by atoms with Crippen molar-refractivity contribution in [3.8, 4) is 0 Å². The summed E-state index contributed by atoms with van der Waals surface area (Å²) in [5.74, 6) is -1.48. The number of rotatable bonds is 7. The maximum atomic E-state index is 12.8. The minimum atomic E-state index is -1.15. The molecule has 0 aromatic heterocycles. The minimum Gasteiger partial charge on any atom is -0.467 e. The number of allylic oxidation sites excluding steroid dienone is 1. The highest BCUT2D eigenvalue weighted by Crippen LogP contribution is 2.58. The van der Waals surface area contributed by atoms with Gasteiger partial charge >= 0.3 is 5.97 Å². The van der Waals surface area contributed by atoms with Gasteiger partial charge in [-0.2, -0.15) is 0 Å². The Morgan fingerprint density at radius 2 is 2.28 bits per heavy atom. The number of aliphatic hydroxyl groups is 1. The highest BCUT2D eigenvalue weighted by molar-refractivity contribution is 14.1. The number of carbonyl (C=O) groups excluding carboxylic acids is 3. The number of nitrogens with one attached hydrogen (secondary N) is 2. The van der Waals surface area contributed by atoms with Crippen molar-refractivity contribution in [1.82, 2.24) is 10.6 Å². The second-order valence-electron chi connectivity index (χ2n) is 7.61. The van der Waals surface area contributed by atoms with Crippen molar-refractivity contribution in [1.29, 1.82) is 0 Å². The van der Waals surface area contributed by atoms with Crippen molar-refractivity contribution in [2.45, 2.75) is 53.2 Å². The fourth-order valence-corrected chi connectivity index (χ4v) is 7.60. The smallest absolute Gasteiger partial charge is 0.329 e. The maximum absolute atomic E-state index is 12.8. The monoisotopic (exact) mass is 538 g/mol. The van der Waals surface area contributed by atoms with E-state index in [-0.39, 0.29) is 29.4 Å². The van der Waals surface area contributed by atoms with Crippen LogP contribution in [0.3, 0.4) is 0 Å². The first kappa shape index (κ1) is 22.8. The van der Waals surface area contributed by atoms with Crippen LogP contribution in [0.25, 0.3) is 0 Å². The Hall–Kier alpha value is -0.850. The van der Waals surface area contributed by atoms with Gasteiger partial charge in [0.25, 0.3) is 0 Å². The zero-order valence-corrected chi connectivity index (χ0v) is 19.5. The third kappa shape index (κ3) is 4.17. The number of aliphatic hydroxyl groups excluding tert-OH is 1. The fraction of sp³-hybridized carbons (Fsp3) is 0.737. The molecule has 3 rings (SSSR count). The number of ether oxygens (including phenoxy) is 2. The zero-order valence-electron chi connectivity index (χ0n) is 16.5. The van der Waals surface area contributed by atoms with Gasteiger partial charge in [-0.25, -0.2) is 4.79 Å². The summed E-state index contributed by atoms with van der Waals surface area (Å²) in [4.78, 5) is 35.3. The standard InChI is InChI=1S/C19H27IN2O6S/c1-11(23)21-14(17(26)27-2)10-29-19(15(24)12-6-4-3-5-7-12)18(20)13(8-9-28-18)16(25)22-19/h4,6,12-15,24H,3,5,7-10H2,1-2H3,(H,21,23)(H,22,25)/t12-,13?,14?,15+,18+,19+/m1/s1. The van der Waals surface area contributed by atoms with Crippen LogP contribution >= 0.6 is 34.4 Å². The van der Waals surface area contributed by atoms with E-state index >= 15 is 0 Å². The minimum absolute atomic E-state index is 0.126. The normalized spacial score (nSPS) is 35.5. The first-order valence-electron chi connectivity index (χ1n) is 9.73. The summed E-state index contributed by atoms with van der Waals surface area (Å²) in [6.45, 7) is 1.76. The van der Waals surface area contributed by atoms with Crippen LogP contribution in [-0.4, -0.2) is 63.0 Å². The van der Waals surface area contributed by atoms with Gasteiger partial charge in [0.15, 0.2) is 8.48 Å². The van der Waals surface area contributed by atoms with Gasteiger partial charge in [0, 0.05) is 25.2 Å². The Morgan fingerprint density at radius 3 is 2.90 bits per heavy atom. The number of carbonyl (C=O) groups is 3. The van der Waals surface area contributed by atoms with Crippen molar-refractivity contribution in [3.63, 3.8) is 0 Å². The molecule has 0 bridgehead atoms. The van der Waals surface area contributed by atoms with E-state index in [4.69, 9.17) is 9.47 Å². The molecule has 8 nitrogen and oxygen atoms in total. The molecular weight excluding hydrogens is 511 g/mol. The third-order valence-corrected chi connectivity index (χ3v) is 9.64. The van der Waals surface area contributed by atoms with Gasteiger partial charge in [-0.1, -0.05) is 12.2 Å². The van der Waals surface area contributed by atoms with Gasteiger partial charge in [0.05, 0.1) is 19.1 Å². The summed E-state index contributed by atoms with van der Waals surface area (Å²) < 4.78 is 9.92. The van der Waals surface area contributed by atoms with Crippen molar-refractivity contribution in [2.24, 2.45) is 11.8 Å². The summed E-state index contributed by atoms with van der Waals surface area (Å²) in [5.41, 5.74) is 0. The molecule has 2 saturated heterocycles. The lowest BCUT2D eigenvalue weighted by Gasteiger charge is -2.45. The molecule has 0 aromatic carbocycles. The molecule has 3 aliphatic rings. The van der Waals surface area contributed by atoms with Crippen LogP contribution in [0.15, 0.2) is 12.2 Å². The molecule has 0 radical (unpaired) electrons. The van der Waals surface area contributed by atoms with Gasteiger partial charge < -0.3 is 25.2 Å². The van der Waals surface area contributed by atoms with E-state index in [1.165, 1.54) is 25.8 Å². The fourth-order valence-electron chi connectivity index (χ4n) is 4.30. The van der Waals surface area contributed by atoms with Gasteiger partial charge in [-0.05, 0) is 48.3 Å². The van der Waals surface area contributed by atoms with Crippen LogP contribution in [0, 0.1) is 11.8 Å². The average molecular weight is 538 g/mol. The number of fused-ring (bicyclic) bond motifs is 1. The molecule has 6 atom stereocenters. The van der Waals surface area contributed by atoms with Gasteiger partial charge in [-0.15, -0.1) is 11.8 Å². The Bertz CT molecular complexity index is 706. The number of amides is 2. The Balaban J connectivity index is 1.92. The number of esters is 1. The van der Waals surface area contributed by atoms with Crippen molar-refractivity contribution in [2.75, 3.05) is 19.5 Å². The second-order valence-corrected chi connectivity index (χ2v) is 10.5. The number of thioether (sulfide) groups is 1. The molecule has 2 heterocycles. The van der Waals surface area contributed by atoms with E-state index in [1.807, 2.05) is 12.2 Å². The van der Waals surface area contributed by atoms with E-state index in [0.717, 1.165) is 19.3 Å². The van der Waals surface area contributed by atoms with Gasteiger partial charge in [0.2, 0.25) is 11.8 Å². The second kappa shape index (κ2) is 9.11. The lowest BCUT2D eigenvalue weighted by atomic mass is 9.84. The summed E-state index contributed by atoms with van der Waals surface area (Å²) in [6, 6.07) is -0.897. The number of halogens is 1. The highest BCUT2D eigenvalue weighted by Gasteiger charge is 2.70. The first-order chi connectivity index (χ1) is 13.7. The summed E-state index contributed by atoms with van der Waals surface area (Å²) in [7, 11) is 1.26. The average Bonchev–Trinajstić information content (AvgIpc) is 3.20. The van der Waals surface area contributed by atoms with E-state index in [0.29, 0.717) is 13.0 Å². The number of hydrogen-bond donors (Lipinski definition) is 3. The van der Waals surface area contributed by atoms with Crippen molar-refractivity contribution < 1.29 is 29.0 Å². The molecule has 0 saturated carbocycles. The molecule has 2 fully saturated rings. The van der Waals surface area contributed by atoms with Crippen molar-refractivity contribution in [3.05, 3.63) is 12.2 Å². The summed E-state index contributed by atoms with van der Waals surface area (Å²) in [5, 5.41) is 17.1. The van der Waals surface area contributed by atoms with Crippen molar-refractivity contribution >= 4 is 52.1 Å². The SMILES string of the molecule is COC(=O)C(CS[C@]1([C@@H](O)[C@@H]2C=CCCC2)NC(=O)C2CCO[C@@]21I)NC(C)=O. The highest BCUT2D eigenvalue weighted by atomic mass is 127. The lowest BCUT2D eigenvalue weighted by Crippen LogP contribution is -2.63. The molecule has 0 spiro atoms. The molecule has 29 heavy (non-hydrogen) atoms. The molecular formula is C19H27IN2O6S. The molecule has 2 aliphatic heterocycles. The van der Waals surface area contributed by atoms with Crippen LogP contribution in [0.4, 0.5) is 0 Å². The largest absolute Gasteiger partial charge is 0.467 e. The van der Waals surface area contributed by atoms with E-state index < -0.39 is 26.6 Å². The molecule has 162 valence electrons. The predicted molar refractivity (Wildman–Crippen MR) is 116 cm³/mol. The van der Waals surface area contributed by atoms with Crippen LogP contribution in [0.2, 0.25) is 0 Å². The molecule has 2 unspecified atom stereocenters. The van der Waals surface area contributed by atoms with E-state index in [2.05, 4.69) is 33.2 Å². The third-order valence-electron chi connectivity index (χ3n) is 5.75. The summed E-state index contributed by atoms with van der Waals surface area (Å²) in [6.07, 6.45) is 6.45. The Labute approximate surface area is 188 Å². The van der Waals surface area contributed by atoms with Crippen LogP contribution in [0.1, 0.15) is 32.6 Å². The van der Waals surface area contributed by atoms with Gasteiger partial charge in [0.1, 0.15) is 6.04 Å². The van der Waals surface area contributed by atoms with Gasteiger partial charge in [-0.3, -0.25) is 9.59 Å². The molecule has 1 aliphatic carbocycles. The molecule has 10 heteroatoms. The molecule has 2 amide bonds. The van der Waals surface area contributed by atoms with E-state index in [1.54, 1.807) is 0 Å². The predicted octanol–water partition coefficient (Wildman–Crippen LogP) is 1.11. The Kier molecular flexibility index (Phi) is 7.17. The molecule has 3 N–H and O–H groups in total. The molecule has 0 aromatic rings. The number of hydrogen-bond acceptors (Lipinski definition) is 7. The van der Waals surface area contributed by atoms with E-state index in [9.17, 15) is 19.5 Å². The van der Waals surface area contributed by atoms with Crippen LogP contribution < -0.4 is 10.6 Å². The maximum Gasteiger partial charge on any atom is 0.329 e. The Morgan fingerprint density at radius 1 is 1.52 bits per heavy atom. The van der Waals surface area contributed by atoms with Crippen LogP contribution in [0.5, 0.6) is 0 Å². The first-order valence-corrected chi connectivity index (χ1v) is 11.8. The topological polar surface area (TPSA) is 114 Å².